The molecule has 0 unspecified atom stereocenters. The largest absolute Gasteiger partial charge is 0.443 e. The van der Waals surface area contributed by atoms with Gasteiger partial charge in [-0.25, -0.2) is 4.79 Å². The Labute approximate surface area is 103 Å². The van der Waals surface area contributed by atoms with Gasteiger partial charge in [0.1, 0.15) is 5.60 Å². The second-order valence-corrected chi connectivity index (χ2v) is 5.39. The van der Waals surface area contributed by atoms with Crippen molar-refractivity contribution in [2.75, 3.05) is 0 Å². The van der Waals surface area contributed by atoms with Crippen molar-refractivity contribution in [3.05, 3.63) is 35.7 Å². The van der Waals surface area contributed by atoms with Gasteiger partial charge in [-0.2, -0.15) is 0 Å². The van der Waals surface area contributed by atoms with E-state index in [1.165, 1.54) is 10.1 Å². The average Bonchev–Trinajstić information content (AvgIpc) is 2.60. The lowest BCUT2D eigenvalue weighted by Crippen LogP contribution is -2.26. The number of hydrogen-bond donors (Lipinski definition) is 0. The molecule has 0 spiro atoms. The summed E-state index contributed by atoms with van der Waals surface area (Å²) in [7, 11) is 0. The quantitative estimate of drug-likeness (QED) is 0.730. The molecular weight excluding hydrogens is 214 g/mol. The Kier molecular flexibility index (Phi) is 4.16. The van der Waals surface area contributed by atoms with Crippen molar-refractivity contribution in [1.82, 2.24) is 4.57 Å². The van der Waals surface area contributed by atoms with Crippen LogP contribution in [0.4, 0.5) is 4.79 Å². The maximum atomic E-state index is 11.7. The summed E-state index contributed by atoms with van der Waals surface area (Å²) in [6.45, 7) is 9.70. The third-order valence-corrected chi connectivity index (χ3v) is 2.10. The maximum Gasteiger partial charge on any atom is 0.418 e. The Morgan fingerprint density at radius 1 is 1.41 bits per heavy atom. The van der Waals surface area contributed by atoms with E-state index >= 15 is 0 Å². The number of ether oxygens (including phenoxy) is 1. The molecule has 0 aliphatic heterocycles. The number of rotatable bonds is 2. The van der Waals surface area contributed by atoms with Crippen LogP contribution in [0.5, 0.6) is 0 Å². The SMILES string of the molecule is CC(C)=CCc1ccn(C(=O)OC(C)(C)C)c1. The molecule has 0 aromatic carbocycles. The van der Waals surface area contributed by atoms with Crippen LogP contribution in [0.2, 0.25) is 0 Å². The fourth-order valence-corrected chi connectivity index (χ4v) is 1.31. The Morgan fingerprint density at radius 3 is 2.59 bits per heavy atom. The Bertz CT molecular complexity index is 418. The fraction of sp³-hybridized carbons (Fsp3) is 0.500. The molecule has 0 bridgehead atoms. The van der Waals surface area contributed by atoms with E-state index in [9.17, 15) is 4.79 Å². The lowest BCUT2D eigenvalue weighted by Gasteiger charge is -2.19. The summed E-state index contributed by atoms with van der Waals surface area (Å²) >= 11 is 0. The summed E-state index contributed by atoms with van der Waals surface area (Å²) in [4.78, 5) is 11.7. The van der Waals surface area contributed by atoms with Gasteiger partial charge >= 0.3 is 6.09 Å². The predicted octanol–water partition coefficient (Wildman–Crippen LogP) is 3.78. The molecule has 0 saturated heterocycles. The van der Waals surface area contributed by atoms with Crippen molar-refractivity contribution < 1.29 is 9.53 Å². The molecule has 0 amide bonds. The number of nitrogens with zero attached hydrogens (tertiary/aromatic N) is 1. The van der Waals surface area contributed by atoms with Crippen molar-refractivity contribution in [3.63, 3.8) is 0 Å². The third kappa shape index (κ3) is 4.89. The molecular formula is C14H21NO2. The molecule has 0 radical (unpaired) electrons. The summed E-state index contributed by atoms with van der Waals surface area (Å²) in [6.07, 6.45) is 6.20. The minimum Gasteiger partial charge on any atom is -0.443 e. The number of aromatic nitrogens is 1. The molecule has 17 heavy (non-hydrogen) atoms. The van der Waals surface area contributed by atoms with Crippen LogP contribution in [0.3, 0.4) is 0 Å². The summed E-state index contributed by atoms with van der Waals surface area (Å²) < 4.78 is 6.76. The molecule has 1 aromatic heterocycles. The average molecular weight is 235 g/mol. The van der Waals surface area contributed by atoms with E-state index in [1.54, 1.807) is 6.20 Å². The summed E-state index contributed by atoms with van der Waals surface area (Å²) in [5.74, 6) is 0. The first-order valence-corrected chi connectivity index (χ1v) is 5.81. The summed E-state index contributed by atoms with van der Waals surface area (Å²) in [5.41, 5.74) is 1.92. The van der Waals surface area contributed by atoms with Crippen molar-refractivity contribution in [2.45, 2.75) is 46.6 Å². The molecule has 0 aliphatic rings. The van der Waals surface area contributed by atoms with Gasteiger partial charge in [0.05, 0.1) is 0 Å². The Hall–Kier alpha value is -1.51. The third-order valence-electron chi connectivity index (χ3n) is 2.10. The van der Waals surface area contributed by atoms with Gasteiger partial charge in [-0.3, -0.25) is 4.57 Å². The molecule has 0 fully saturated rings. The van der Waals surface area contributed by atoms with E-state index in [0.29, 0.717) is 0 Å². The Morgan fingerprint density at radius 2 is 2.06 bits per heavy atom. The van der Waals surface area contributed by atoms with Crippen molar-refractivity contribution in [1.29, 1.82) is 0 Å². The maximum absolute atomic E-state index is 11.7. The molecule has 1 rings (SSSR count). The predicted molar refractivity (Wildman–Crippen MR) is 69.2 cm³/mol. The van der Waals surface area contributed by atoms with Crippen molar-refractivity contribution in [2.24, 2.45) is 0 Å². The Balaban J connectivity index is 2.68. The molecule has 0 aliphatic carbocycles. The number of carbonyl (C=O) groups excluding carboxylic acids is 1. The minimum absolute atomic E-state index is 0.332. The summed E-state index contributed by atoms with van der Waals surface area (Å²) in [5, 5.41) is 0. The molecule has 0 saturated carbocycles. The van der Waals surface area contributed by atoms with Gasteiger partial charge in [-0.15, -0.1) is 0 Å². The first-order chi connectivity index (χ1) is 7.78. The van der Waals surface area contributed by atoms with E-state index < -0.39 is 5.60 Å². The van der Waals surface area contributed by atoms with Gasteiger partial charge in [-0.05, 0) is 52.7 Å². The highest BCUT2D eigenvalue weighted by Gasteiger charge is 2.17. The second-order valence-electron chi connectivity index (χ2n) is 5.39. The molecule has 1 aromatic rings. The van der Waals surface area contributed by atoms with Gasteiger partial charge in [-0.1, -0.05) is 11.6 Å². The molecule has 3 nitrogen and oxygen atoms in total. The zero-order valence-electron chi connectivity index (χ0n) is 11.3. The van der Waals surface area contributed by atoms with Crippen LogP contribution in [-0.2, 0) is 11.2 Å². The lowest BCUT2D eigenvalue weighted by molar-refractivity contribution is 0.0537. The monoisotopic (exact) mass is 235 g/mol. The zero-order chi connectivity index (χ0) is 13.1. The first-order valence-electron chi connectivity index (χ1n) is 5.81. The highest BCUT2D eigenvalue weighted by molar-refractivity contribution is 5.71. The molecule has 0 N–H and O–H groups in total. The van der Waals surface area contributed by atoms with Crippen LogP contribution >= 0.6 is 0 Å². The molecule has 94 valence electrons. The van der Waals surface area contributed by atoms with E-state index in [2.05, 4.69) is 19.9 Å². The molecule has 1 heterocycles. The summed E-state index contributed by atoms with van der Waals surface area (Å²) in [6, 6.07) is 1.93. The van der Waals surface area contributed by atoms with Gasteiger partial charge in [0.25, 0.3) is 0 Å². The van der Waals surface area contributed by atoms with Crippen molar-refractivity contribution >= 4 is 6.09 Å². The minimum atomic E-state index is -0.457. The van der Waals surface area contributed by atoms with Crippen LogP contribution in [0.15, 0.2) is 30.1 Å². The van der Waals surface area contributed by atoms with E-state index in [1.807, 2.05) is 33.0 Å². The number of carbonyl (C=O) groups is 1. The lowest BCUT2D eigenvalue weighted by atomic mass is 10.2. The van der Waals surface area contributed by atoms with Crippen LogP contribution < -0.4 is 0 Å². The van der Waals surface area contributed by atoms with E-state index in [-0.39, 0.29) is 6.09 Å². The molecule has 0 atom stereocenters. The smallest absolute Gasteiger partial charge is 0.418 e. The highest BCUT2D eigenvalue weighted by atomic mass is 16.6. The van der Waals surface area contributed by atoms with Crippen LogP contribution in [0.25, 0.3) is 0 Å². The fourth-order valence-electron chi connectivity index (χ4n) is 1.31. The molecule has 3 heteroatoms. The van der Waals surface area contributed by atoms with Gasteiger partial charge < -0.3 is 4.74 Å². The van der Waals surface area contributed by atoms with Crippen molar-refractivity contribution in [3.8, 4) is 0 Å². The number of allylic oxidation sites excluding steroid dienone is 2. The van der Waals surface area contributed by atoms with Crippen LogP contribution in [0.1, 0.15) is 40.2 Å². The zero-order valence-corrected chi connectivity index (χ0v) is 11.3. The van der Waals surface area contributed by atoms with Gasteiger partial charge in [0, 0.05) is 12.4 Å². The van der Waals surface area contributed by atoms with Gasteiger partial charge in [0.15, 0.2) is 0 Å². The topological polar surface area (TPSA) is 31.2 Å². The van der Waals surface area contributed by atoms with E-state index in [0.717, 1.165) is 12.0 Å². The highest BCUT2D eigenvalue weighted by Crippen LogP contribution is 2.11. The second kappa shape index (κ2) is 5.21. The van der Waals surface area contributed by atoms with Gasteiger partial charge in [0.2, 0.25) is 0 Å². The first kappa shape index (κ1) is 13.6. The van der Waals surface area contributed by atoms with Crippen LogP contribution in [0, 0.1) is 0 Å². The van der Waals surface area contributed by atoms with E-state index in [4.69, 9.17) is 4.74 Å². The van der Waals surface area contributed by atoms with Crippen LogP contribution in [-0.4, -0.2) is 16.3 Å². The standard InChI is InChI=1S/C14H21NO2/c1-11(2)6-7-12-8-9-15(10-12)13(16)17-14(3,4)5/h6,8-10H,7H2,1-5H3. The normalized spacial score (nSPS) is 11.1. The number of hydrogen-bond acceptors (Lipinski definition) is 2.